The maximum absolute atomic E-state index is 14.0. The lowest BCUT2D eigenvalue weighted by atomic mass is 9.73. The van der Waals surface area contributed by atoms with Crippen molar-refractivity contribution < 1.29 is 40.6 Å². The van der Waals surface area contributed by atoms with Crippen LogP contribution in [0.5, 0.6) is 0 Å². The minimum absolute atomic E-state index is 0.0304. The molecule has 1 rings (SSSR count). The zero-order valence-corrected chi connectivity index (χ0v) is 16.6. The van der Waals surface area contributed by atoms with E-state index in [0.29, 0.717) is 4.90 Å². The number of amides is 1. The molecule has 164 valence electrons. The van der Waals surface area contributed by atoms with E-state index in [1.807, 2.05) is 0 Å². The molecule has 0 aliphatic carbocycles. The van der Waals surface area contributed by atoms with Crippen LogP contribution in [0.1, 0.15) is 53.9 Å². The van der Waals surface area contributed by atoms with E-state index in [0.717, 1.165) is 0 Å². The molecule has 1 saturated heterocycles. The number of halogens is 6. The lowest BCUT2D eigenvalue weighted by Crippen LogP contribution is -2.65. The zero-order valence-electron chi connectivity index (χ0n) is 16.6. The Hall–Kier alpha value is -1.45. The van der Waals surface area contributed by atoms with E-state index in [1.54, 1.807) is 0 Å². The highest BCUT2D eigenvalue weighted by molar-refractivity contribution is 5.70. The van der Waals surface area contributed by atoms with Gasteiger partial charge in [0.15, 0.2) is 5.41 Å². The molecule has 10 heteroatoms. The molecule has 1 aliphatic heterocycles. The van der Waals surface area contributed by atoms with Crippen LogP contribution < -0.4 is 0 Å². The Morgan fingerprint density at radius 2 is 1.68 bits per heavy atom. The minimum atomic E-state index is -5.67. The summed E-state index contributed by atoms with van der Waals surface area (Å²) >= 11 is 0. The molecule has 0 saturated carbocycles. The first-order valence-electron chi connectivity index (χ1n) is 8.81. The second kappa shape index (κ2) is 7.76. The van der Waals surface area contributed by atoms with Crippen LogP contribution in [0.15, 0.2) is 12.7 Å². The number of ether oxygens (including phenoxy) is 2. The summed E-state index contributed by atoms with van der Waals surface area (Å²) in [7, 11) is 0. The molecular formula is C18H27F6NO3. The fourth-order valence-corrected chi connectivity index (χ4v) is 3.34. The lowest BCUT2D eigenvalue weighted by molar-refractivity contribution is -0.357. The predicted molar refractivity (Wildman–Crippen MR) is 90.5 cm³/mol. The van der Waals surface area contributed by atoms with Crippen molar-refractivity contribution in [1.29, 1.82) is 0 Å². The third-order valence-corrected chi connectivity index (χ3v) is 4.64. The molecule has 1 atom stereocenters. The van der Waals surface area contributed by atoms with E-state index in [9.17, 15) is 31.1 Å². The van der Waals surface area contributed by atoms with Gasteiger partial charge in [0, 0.05) is 0 Å². The molecule has 0 aromatic carbocycles. The third-order valence-electron chi connectivity index (χ3n) is 4.64. The molecule has 0 radical (unpaired) electrons. The van der Waals surface area contributed by atoms with E-state index in [4.69, 9.17) is 9.47 Å². The van der Waals surface area contributed by atoms with E-state index >= 15 is 0 Å². The predicted octanol–water partition coefficient (Wildman–Crippen LogP) is 5.83. The summed E-state index contributed by atoms with van der Waals surface area (Å²) in [6.45, 7) is 9.29. The highest BCUT2D eigenvalue weighted by Crippen LogP contribution is 2.59. The molecule has 1 heterocycles. The van der Waals surface area contributed by atoms with E-state index in [-0.39, 0.29) is 6.42 Å². The molecule has 0 spiro atoms. The Morgan fingerprint density at radius 1 is 1.18 bits per heavy atom. The molecule has 0 aromatic heterocycles. The summed E-state index contributed by atoms with van der Waals surface area (Å²) in [6, 6.07) is -2.32. The minimum Gasteiger partial charge on any atom is -0.444 e. The molecule has 1 aliphatic rings. The average Bonchev–Trinajstić information content (AvgIpc) is 2.74. The van der Waals surface area contributed by atoms with Gasteiger partial charge in [-0.05, 0) is 53.9 Å². The first-order valence-corrected chi connectivity index (χ1v) is 8.81. The Labute approximate surface area is 160 Å². The maximum atomic E-state index is 14.0. The van der Waals surface area contributed by atoms with Crippen molar-refractivity contribution in [3.63, 3.8) is 0 Å². The molecule has 4 nitrogen and oxygen atoms in total. The van der Waals surface area contributed by atoms with Gasteiger partial charge in [-0.1, -0.05) is 6.08 Å². The van der Waals surface area contributed by atoms with Gasteiger partial charge in [0.1, 0.15) is 11.3 Å². The van der Waals surface area contributed by atoms with Crippen molar-refractivity contribution in [2.24, 2.45) is 5.41 Å². The Balaban J connectivity index is 3.56. The largest absolute Gasteiger partial charge is 0.444 e. The topological polar surface area (TPSA) is 38.8 Å². The van der Waals surface area contributed by atoms with Crippen LogP contribution in [0.25, 0.3) is 0 Å². The van der Waals surface area contributed by atoms with E-state index in [1.165, 1.54) is 40.7 Å². The highest BCUT2D eigenvalue weighted by Gasteiger charge is 2.76. The summed E-state index contributed by atoms with van der Waals surface area (Å²) in [6.07, 6.45) is -13.1. The van der Waals surface area contributed by atoms with Gasteiger partial charge < -0.3 is 9.47 Å². The smallest absolute Gasteiger partial charge is 0.412 e. The number of rotatable bonds is 5. The molecule has 1 unspecified atom stereocenters. The van der Waals surface area contributed by atoms with Crippen LogP contribution in [0.4, 0.5) is 31.1 Å². The van der Waals surface area contributed by atoms with Crippen molar-refractivity contribution in [1.82, 2.24) is 4.90 Å². The van der Waals surface area contributed by atoms with Crippen LogP contribution in [0, 0.1) is 5.41 Å². The van der Waals surface area contributed by atoms with Crippen molar-refractivity contribution >= 4 is 6.09 Å². The third kappa shape index (κ3) is 4.75. The molecule has 28 heavy (non-hydrogen) atoms. The van der Waals surface area contributed by atoms with Crippen molar-refractivity contribution in [3.05, 3.63) is 12.7 Å². The summed E-state index contributed by atoms with van der Waals surface area (Å²) in [4.78, 5) is 13.0. The molecule has 1 fully saturated rings. The van der Waals surface area contributed by atoms with Crippen molar-refractivity contribution in [2.75, 3.05) is 6.61 Å². The monoisotopic (exact) mass is 419 g/mol. The Morgan fingerprint density at radius 3 is 2.07 bits per heavy atom. The van der Waals surface area contributed by atoms with Gasteiger partial charge in [-0.15, -0.1) is 6.58 Å². The summed E-state index contributed by atoms with van der Waals surface area (Å²) in [5.74, 6) is 0. The van der Waals surface area contributed by atoms with Gasteiger partial charge in [-0.25, -0.2) is 4.79 Å². The summed E-state index contributed by atoms with van der Waals surface area (Å²) in [5.41, 5.74) is -6.97. The Bertz CT molecular complexity index is 563. The SMILES string of the molecule is C=CCCCC(C1COC(C)(C)N1C(=O)OC(C)(C)C)(C(F)(F)F)C(F)(F)F. The van der Waals surface area contributed by atoms with Gasteiger partial charge in [-0.3, -0.25) is 4.90 Å². The second-order valence-corrected chi connectivity index (χ2v) is 8.27. The zero-order chi connectivity index (χ0) is 22.2. The van der Waals surface area contributed by atoms with E-state index in [2.05, 4.69) is 6.58 Å². The molecule has 1 amide bonds. The highest BCUT2D eigenvalue weighted by atomic mass is 19.4. The van der Waals surface area contributed by atoms with Crippen LogP contribution in [0.3, 0.4) is 0 Å². The number of carbonyl (C=O) groups excluding carboxylic acids is 1. The number of hydrogen-bond donors (Lipinski definition) is 0. The number of unbranched alkanes of at least 4 members (excludes halogenated alkanes) is 1. The average molecular weight is 419 g/mol. The van der Waals surface area contributed by atoms with Crippen LogP contribution in [-0.4, -0.2) is 47.3 Å². The van der Waals surface area contributed by atoms with E-state index < -0.39 is 60.7 Å². The summed E-state index contributed by atoms with van der Waals surface area (Å²) < 4.78 is 94.3. The standard InChI is InChI=1S/C18H27F6NO3/c1-7-8-9-10-16(17(19,20)21,18(22,23)24)12-11-27-15(5,6)25(12)13(26)28-14(2,3)4/h7,12H,1,8-11H2,2-6H3. The number of allylic oxidation sites excluding steroid dienone is 1. The normalized spacial score (nSPS) is 21.0. The van der Waals surface area contributed by atoms with Crippen LogP contribution >= 0.6 is 0 Å². The van der Waals surface area contributed by atoms with Gasteiger partial charge in [-0.2, -0.15) is 26.3 Å². The summed E-state index contributed by atoms with van der Waals surface area (Å²) in [5, 5.41) is 0. The van der Waals surface area contributed by atoms with Gasteiger partial charge in [0.05, 0.1) is 12.6 Å². The van der Waals surface area contributed by atoms with Crippen LogP contribution in [0.2, 0.25) is 0 Å². The number of alkyl halides is 6. The number of hydrogen-bond acceptors (Lipinski definition) is 3. The molecule has 0 bridgehead atoms. The van der Waals surface area contributed by atoms with Gasteiger partial charge in [0.25, 0.3) is 0 Å². The molecule has 0 N–H and O–H groups in total. The first-order chi connectivity index (χ1) is 12.4. The Kier molecular flexibility index (Phi) is 6.81. The molecule has 0 aromatic rings. The van der Waals surface area contributed by atoms with Crippen molar-refractivity contribution in [3.8, 4) is 0 Å². The van der Waals surface area contributed by atoms with Gasteiger partial charge in [0.2, 0.25) is 0 Å². The first kappa shape index (κ1) is 24.6. The number of carbonyl (C=O) groups is 1. The number of nitrogens with zero attached hydrogens (tertiary/aromatic N) is 1. The lowest BCUT2D eigenvalue weighted by Gasteiger charge is -2.46. The maximum Gasteiger partial charge on any atom is 0.412 e. The second-order valence-electron chi connectivity index (χ2n) is 8.27. The van der Waals surface area contributed by atoms with Crippen LogP contribution in [-0.2, 0) is 9.47 Å². The fourth-order valence-electron chi connectivity index (χ4n) is 3.34. The fraction of sp³-hybridized carbons (Fsp3) is 0.833. The molecular weight excluding hydrogens is 392 g/mol. The van der Waals surface area contributed by atoms with Crippen molar-refractivity contribution in [2.45, 2.75) is 83.6 Å². The quantitative estimate of drug-likeness (QED) is 0.320. The van der Waals surface area contributed by atoms with Gasteiger partial charge >= 0.3 is 18.4 Å².